The van der Waals surface area contributed by atoms with E-state index in [-0.39, 0.29) is 17.7 Å². The SMILES string of the molecule is CC(C)NC(=O)CCOc1ccc2c(c1)CCCC2=O. The highest BCUT2D eigenvalue weighted by Gasteiger charge is 2.17. The summed E-state index contributed by atoms with van der Waals surface area (Å²) in [6, 6.07) is 5.72. The van der Waals surface area contributed by atoms with Gasteiger partial charge in [0.2, 0.25) is 5.91 Å². The maximum atomic E-state index is 11.7. The molecule has 0 heterocycles. The molecular formula is C16H21NO3. The van der Waals surface area contributed by atoms with Gasteiger partial charge in [-0.1, -0.05) is 0 Å². The Kier molecular flexibility index (Phi) is 4.77. The van der Waals surface area contributed by atoms with Crippen molar-refractivity contribution in [1.29, 1.82) is 0 Å². The van der Waals surface area contributed by atoms with Crippen LogP contribution in [0, 0.1) is 0 Å². The molecule has 2 rings (SSSR count). The van der Waals surface area contributed by atoms with Crippen LogP contribution in [0.15, 0.2) is 18.2 Å². The second-order valence-corrected chi connectivity index (χ2v) is 5.42. The highest BCUT2D eigenvalue weighted by Crippen LogP contribution is 2.25. The second kappa shape index (κ2) is 6.55. The Hall–Kier alpha value is -1.84. The fourth-order valence-corrected chi connectivity index (χ4v) is 2.37. The Morgan fingerprint density at radius 2 is 2.15 bits per heavy atom. The molecule has 0 fully saturated rings. The van der Waals surface area contributed by atoms with Gasteiger partial charge in [0, 0.05) is 18.0 Å². The monoisotopic (exact) mass is 275 g/mol. The summed E-state index contributed by atoms with van der Waals surface area (Å²) in [5.41, 5.74) is 1.88. The summed E-state index contributed by atoms with van der Waals surface area (Å²) < 4.78 is 5.59. The lowest BCUT2D eigenvalue weighted by Gasteiger charge is -2.16. The standard InChI is InChI=1S/C16H21NO3/c1-11(2)17-16(19)8-9-20-13-6-7-14-12(10-13)4-3-5-15(14)18/h6-7,10-11H,3-5,8-9H2,1-2H3,(H,17,19). The van der Waals surface area contributed by atoms with Gasteiger partial charge in [0.05, 0.1) is 13.0 Å². The van der Waals surface area contributed by atoms with Crippen LogP contribution in [0.5, 0.6) is 5.75 Å². The van der Waals surface area contributed by atoms with Gasteiger partial charge in [-0.3, -0.25) is 9.59 Å². The zero-order valence-corrected chi connectivity index (χ0v) is 12.1. The smallest absolute Gasteiger partial charge is 0.223 e. The zero-order chi connectivity index (χ0) is 14.5. The Bertz CT molecular complexity index is 508. The number of rotatable bonds is 5. The molecule has 1 amide bonds. The van der Waals surface area contributed by atoms with Gasteiger partial charge in [0.15, 0.2) is 5.78 Å². The number of Topliss-reactive ketones (excluding diaryl/α,β-unsaturated/α-hetero) is 1. The first-order valence-electron chi connectivity index (χ1n) is 7.14. The van der Waals surface area contributed by atoms with Crippen molar-refractivity contribution in [2.75, 3.05) is 6.61 Å². The molecule has 1 aromatic carbocycles. The number of ketones is 1. The van der Waals surface area contributed by atoms with Crippen molar-refractivity contribution in [3.05, 3.63) is 29.3 Å². The van der Waals surface area contributed by atoms with E-state index in [1.807, 2.05) is 32.0 Å². The zero-order valence-electron chi connectivity index (χ0n) is 12.1. The van der Waals surface area contributed by atoms with Gasteiger partial charge >= 0.3 is 0 Å². The first-order chi connectivity index (χ1) is 9.56. The van der Waals surface area contributed by atoms with Gasteiger partial charge in [0.1, 0.15) is 5.75 Å². The number of hydrogen-bond donors (Lipinski definition) is 1. The van der Waals surface area contributed by atoms with Crippen molar-refractivity contribution < 1.29 is 14.3 Å². The number of benzene rings is 1. The second-order valence-electron chi connectivity index (χ2n) is 5.42. The van der Waals surface area contributed by atoms with Crippen LogP contribution in [-0.4, -0.2) is 24.3 Å². The molecule has 0 spiro atoms. The number of amides is 1. The summed E-state index contributed by atoms with van der Waals surface area (Å²) in [6.07, 6.45) is 2.81. The topological polar surface area (TPSA) is 55.4 Å². The maximum Gasteiger partial charge on any atom is 0.223 e. The summed E-state index contributed by atoms with van der Waals surface area (Å²) in [5, 5.41) is 2.82. The number of aryl methyl sites for hydroxylation is 1. The lowest BCUT2D eigenvalue weighted by atomic mass is 9.90. The van der Waals surface area contributed by atoms with Gasteiger partial charge in [-0.15, -0.1) is 0 Å². The molecule has 0 aliphatic heterocycles. The Balaban J connectivity index is 1.88. The van der Waals surface area contributed by atoms with Crippen LogP contribution in [0.1, 0.15) is 49.0 Å². The normalized spacial score (nSPS) is 14.1. The summed E-state index contributed by atoms with van der Waals surface area (Å²) in [5.74, 6) is 0.943. The van der Waals surface area contributed by atoms with E-state index < -0.39 is 0 Å². The third kappa shape index (κ3) is 3.83. The molecule has 1 aliphatic carbocycles. The fraction of sp³-hybridized carbons (Fsp3) is 0.500. The van der Waals surface area contributed by atoms with Gasteiger partial charge in [-0.05, 0) is 50.5 Å². The molecule has 0 unspecified atom stereocenters. The van der Waals surface area contributed by atoms with Crippen molar-refractivity contribution in [2.45, 2.75) is 45.6 Å². The van der Waals surface area contributed by atoms with Gasteiger partial charge in [-0.25, -0.2) is 0 Å². The average molecular weight is 275 g/mol. The van der Waals surface area contributed by atoms with Crippen LogP contribution in [0.25, 0.3) is 0 Å². The quantitative estimate of drug-likeness (QED) is 0.898. The van der Waals surface area contributed by atoms with Crippen LogP contribution < -0.4 is 10.1 Å². The van der Waals surface area contributed by atoms with Crippen LogP contribution >= 0.6 is 0 Å². The molecular weight excluding hydrogens is 254 g/mol. The fourth-order valence-electron chi connectivity index (χ4n) is 2.37. The molecule has 4 nitrogen and oxygen atoms in total. The molecule has 108 valence electrons. The van der Waals surface area contributed by atoms with Gasteiger partial charge in [-0.2, -0.15) is 0 Å². The van der Waals surface area contributed by atoms with E-state index >= 15 is 0 Å². The largest absolute Gasteiger partial charge is 0.493 e. The molecule has 0 bridgehead atoms. The minimum Gasteiger partial charge on any atom is -0.493 e. The van der Waals surface area contributed by atoms with Crippen molar-refractivity contribution in [1.82, 2.24) is 5.32 Å². The third-order valence-electron chi connectivity index (χ3n) is 3.27. The highest BCUT2D eigenvalue weighted by molar-refractivity contribution is 5.98. The number of fused-ring (bicyclic) bond motifs is 1. The first-order valence-corrected chi connectivity index (χ1v) is 7.14. The van der Waals surface area contributed by atoms with Crippen LogP contribution in [0.3, 0.4) is 0 Å². The number of carbonyl (C=O) groups is 2. The molecule has 1 aliphatic rings. The van der Waals surface area contributed by atoms with E-state index in [4.69, 9.17) is 4.74 Å². The predicted octanol–water partition coefficient (Wildman–Crippen LogP) is 2.50. The van der Waals surface area contributed by atoms with E-state index in [0.29, 0.717) is 19.4 Å². The van der Waals surface area contributed by atoms with Crippen molar-refractivity contribution in [3.63, 3.8) is 0 Å². The Labute approximate surface area is 119 Å². The number of nitrogens with one attached hydrogen (secondary N) is 1. The minimum atomic E-state index is -0.00635. The molecule has 0 atom stereocenters. The van der Waals surface area contributed by atoms with E-state index in [2.05, 4.69) is 5.32 Å². The highest BCUT2D eigenvalue weighted by atomic mass is 16.5. The maximum absolute atomic E-state index is 11.7. The van der Waals surface area contributed by atoms with Crippen molar-refractivity contribution >= 4 is 11.7 Å². The Morgan fingerprint density at radius 3 is 2.90 bits per heavy atom. The van der Waals surface area contributed by atoms with E-state index in [9.17, 15) is 9.59 Å². The van der Waals surface area contributed by atoms with Gasteiger partial charge < -0.3 is 10.1 Å². The molecule has 4 heteroatoms. The van der Waals surface area contributed by atoms with Crippen LogP contribution in [0.4, 0.5) is 0 Å². The average Bonchev–Trinajstić information content (AvgIpc) is 2.38. The summed E-state index contributed by atoms with van der Waals surface area (Å²) >= 11 is 0. The van der Waals surface area contributed by atoms with Crippen LogP contribution in [-0.2, 0) is 11.2 Å². The van der Waals surface area contributed by atoms with E-state index in [0.717, 1.165) is 29.7 Å². The molecule has 20 heavy (non-hydrogen) atoms. The molecule has 0 aromatic heterocycles. The number of ether oxygens (including phenoxy) is 1. The molecule has 0 saturated carbocycles. The summed E-state index contributed by atoms with van der Waals surface area (Å²) in [4.78, 5) is 23.2. The molecule has 0 radical (unpaired) electrons. The molecule has 1 N–H and O–H groups in total. The third-order valence-corrected chi connectivity index (χ3v) is 3.27. The van der Waals surface area contributed by atoms with Gasteiger partial charge in [0.25, 0.3) is 0 Å². The predicted molar refractivity (Wildman–Crippen MR) is 77.1 cm³/mol. The minimum absolute atomic E-state index is 0.00635. The van der Waals surface area contributed by atoms with Crippen molar-refractivity contribution in [3.8, 4) is 5.75 Å². The number of hydrogen-bond acceptors (Lipinski definition) is 3. The summed E-state index contributed by atoms with van der Waals surface area (Å²) in [7, 11) is 0. The molecule has 1 aromatic rings. The number of carbonyl (C=O) groups excluding carboxylic acids is 2. The van der Waals surface area contributed by atoms with E-state index in [1.54, 1.807) is 0 Å². The van der Waals surface area contributed by atoms with Crippen LogP contribution in [0.2, 0.25) is 0 Å². The lowest BCUT2D eigenvalue weighted by molar-refractivity contribution is -0.122. The Morgan fingerprint density at radius 1 is 1.35 bits per heavy atom. The lowest BCUT2D eigenvalue weighted by Crippen LogP contribution is -2.31. The molecule has 0 saturated heterocycles. The first kappa shape index (κ1) is 14.6. The van der Waals surface area contributed by atoms with Crippen molar-refractivity contribution in [2.24, 2.45) is 0 Å². The van der Waals surface area contributed by atoms with E-state index in [1.165, 1.54) is 0 Å². The summed E-state index contributed by atoms with van der Waals surface area (Å²) in [6.45, 7) is 4.21.